The van der Waals surface area contributed by atoms with Gasteiger partial charge in [-0.15, -0.1) is 0 Å². The van der Waals surface area contributed by atoms with Gasteiger partial charge in [-0.3, -0.25) is 0 Å². The highest BCUT2D eigenvalue weighted by Crippen LogP contribution is 2.18. The summed E-state index contributed by atoms with van der Waals surface area (Å²) in [5.41, 5.74) is 0.673. The Kier molecular flexibility index (Phi) is 3.73. The van der Waals surface area contributed by atoms with Crippen LogP contribution >= 0.6 is 0 Å². The van der Waals surface area contributed by atoms with Gasteiger partial charge in [-0.2, -0.15) is 5.26 Å². The van der Waals surface area contributed by atoms with Crippen molar-refractivity contribution in [2.75, 3.05) is 13.1 Å². The molecule has 0 radical (unpaired) electrons. The summed E-state index contributed by atoms with van der Waals surface area (Å²) in [5.74, 6) is -0.770. The number of likely N-dealkylation sites (tertiary alicyclic amines) is 1. The maximum atomic E-state index is 13.6. The van der Waals surface area contributed by atoms with E-state index in [1.54, 1.807) is 6.92 Å². The molecular formula is C12H14FN3O2S. The molecule has 1 aliphatic heterocycles. The van der Waals surface area contributed by atoms with Crippen LogP contribution in [0.2, 0.25) is 0 Å². The molecule has 7 heteroatoms. The summed E-state index contributed by atoms with van der Waals surface area (Å²) >= 11 is 0. The first-order valence-corrected chi connectivity index (χ1v) is 7.34. The smallest absolute Gasteiger partial charge is 0.243 e. The van der Waals surface area contributed by atoms with E-state index in [-0.39, 0.29) is 10.9 Å². The molecule has 19 heavy (non-hydrogen) atoms. The third kappa shape index (κ3) is 3.03. The van der Waals surface area contributed by atoms with E-state index in [1.807, 2.05) is 6.19 Å². The molecule has 5 nitrogen and oxygen atoms in total. The second-order valence-corrected chi connectivity index (χ2v) is 6.27. The lowest BCUT2D eigenvalue weighted by Crippen LogP contribution is -2.36. The van der Waals surface area contributed by atoms with E-state index in [2.05, 4.69) is 4.72 Å². The van der Waals surface area contributed by atoms with Gasteiger partial charge in [0.15, 0.2) is 6.19 Å². The van der Waals surface area contributed by atoms with E-state index in [0.29, 0.717) is 25.1 Å². The van der Waals surface area contributed by atoms with Crippen LogP contribution in [-0.4, -0.2) is 32.4 Å². The Labute approximate surface area is 111 Å². The van der Waals surface area contributed by atoms with Crippen molar-refractivity contribution < 1.29 is 12.8 Å². The number of sulfonamides is 1. The molecule has 1 aromatic carbocycles. The van der Waals surface area contributed by atoms with Gasteiger partial charge in [0, 0.05) is 19.1 Å². The molecule has 0 aromatic heterocycles. The lowest BCUT2D eigenvalue weighted by atomic mass is 10.2. The minimum atomic E-state index is -3.89. The zero-order chi connectivity index (χ0) is 14.0. The first-order valence-electron chi connectivity index (χ1n) is 5.85. The summed E-state index contributed by atoms with van der Waals surface area (Å²) in [7, 11) is -3.89. The third-order valence-electron chi connectivity index (χ3n) is 3.03. The number of nitriles is 1. The summed E-state index contributed by atoms with van der Waals surface area (Å²) in [6.45, 7) is 2.54. The Hall–Kier alpha value is -1.65. The highest BCUT2D eigenvalue weighted by molar-refractivity contribution is 7.89. The maximum absolute atomic E-state index is 13.6. The van der Waals surface area contributed by atoms with Crippen molar-refractivity contribution in [3.63, 3.8) is 0 Å². The summed E-state index contributed by atoms with van der Waals surface area (Å²) in [4.78, 5) is 1.13. The predicted octanol–water partition coefficient (Wildman–Crippen LogP) is 0.968. The number of aryl methyl sites for hydroxylation is 1. The van der Waals surface area contributed by atoms with Crippen LogP contribution in [0.1, 0.15) is 12.0 Å². The Balaban J connectivity index is 2.20. The van der Waals surface area contributed by atoms with Crippen LogP contribution < -0.4 is 4.72 Å². The molecule has 0 spiro atoms. The zero-order valence-corrected chi connectivity index (χ0v) is 11.2. The number of rotatable bonds is 3. The molecule has 0 aliphatic carbocycles. The van der Waals surface area contributed by atoms with Crippen molar-refractivity contribution in [1.82, 2.24) is 9.62 Å². The van der Waals surface area contributed by atoms with E-state index in [0.717, 1.165) is 6.07 Å². The second kappa shape index (κ2) is 5.15. The van der Waals surface area contributed by atoms with Crippen LogP contribution in [0.3, 0.4) is 0 Å². The zero-order valence-electron chi connectivity index (χ0n) is 10.4. The molecule has 1 aliphatic rings. The molecule has 0 bridgehead atoms. The molecule has 0 amide bonds. The van der Waals surface area contributed by atoms with Gasteiger partial charge in [0.05, 0.1) is 0 Å². The minimum absolute atomic E-state index is 0.323. The molecule has 1 heterocycles. The first kappa shape index (κ1) is 13.8. The van der Waals surface area contributed by atoms with Crippen molar-refractivity contribution in [2.45, 2.75) is 24.3 Å². The van der Waals surface area contributed by atoms with Crippen molar-refractivity contribution in [3.05, 3.63) is 29.6 Å². The van der Waals surface area contributed by atoms with Gasteiger partial charge >= 0.3 is 0 Å². The fourth-order valence-corrected chi connectivity index (χ4v) is 3.47. The molecule has 1 saturated heterocycles. The predicted molar refractivity (Wildman–Crippen MR) is 67.0 cm³/mol. The summed E-state index contributed by atoms with van der Waals surface area (Å²) in [6.07, 6.45) is 2.51. The number of hydrogen-bond acceptors (Lipinski definition) is 4. The Morgan fingerprint density at radius 2 is 2.26 bits per heavy atom. The van der Waals surface area contributed by atoms with Crippen molar-refractivity contribution in [1.29, 1.82) is 5.26 Å². The molecule has 1 unspecified atom stereocenters. The molecule has 0 saturated carbocycles. The van der Waals surface area contributed by atoms with Gasteiger partial charge in [0.2, 0.25) is 10.0 Å². The molecule has 102 valence electrons. The summed E-state index contributed by atoms with van der Waals surface area (Å²) in [6, 6.07) is 3.60. The SMILES string of the molecule is Cc1ccc(F)c(S(=O)(=O)NC2CCN(C#N)C2)c1. The summed E-state index contributed by atoms with van der Waals surface area (Å²) < 4.78 is 40.3. The van der Waals surface area contributed by atoms with Crippen molar-refractivity contribution >= 4 is 10.0 Å². The van der Waals surface area contributed by atoms with E-state index in [4.69, 9.17) is 5.26 Å². The molecule has 2 rings (SSSR count). The maximum Gasteiger partial charge on any atom is 0.243 e. The highest BCUT2D eigenvalue weighted by Gasteiger charge is 2.28. The fraction of sp³-hybridized carbons (Fsp3) is 0.417. The number of nitrogens with zero attached hydrogens (tertiary/aromatic N) is 2. The topological polar surface area (TPSA) is 73.2 Å². The number of benzene rings is 1. The van der Waals surface area contributed by atoms with Gasteiger partial charge < -0.3 is 4.90 Å². The van der Waals surface area contributed by atoms with Crippen LogP contribution in [0.15, 0.2) is 23.1 Å². The van der Waals surface area contributed by atoms with Gasteiger partial charge in [-0.1, -0.05) is 6.07 Å². The van der Waals surface area contributed by atoms with Crippen LogP contribution in [0.25, 0.3) is 0 Å². The van der Waals surface area contributed by atoms with Crippen molar-refractivity contribution in [2.24, 2.45) is 0 Å². The number of nitrogens with one attached hydrogen (secondary N) is 1. The van der Waals surface area contributed by atoms with Gasteiger partial charge in [-0.25, -0.2) is 17.5 Å². The van der Waals surface area contributed by atoms with Gasteiger partial charge in [0.25, 0.3) is 0 Å². The third-order valence-corrected chi connectivity index (χ3v) is 4.56. The minimum Gasteiger partial charge on any atom is -0.309 e. The van der Waals surface area contributed by atoms with Crippen LogP contribution in [0.4, 0.5) is 4.39 Å². The van der Waals surface area contributed by atoms with E-state index in [9.17, 15) is 12.8 Å². The van der Waals surface area contributed by atoms with E-state index in [1.165, 1.54) is 17.0 Å². The van der Waals surface area contributed by atoms with Crippen LogP contribution in [0.5, 0.6) is 0 Å². The molecule has 1 N–H and O–H groups in total. The Morgan fingerprint density at radius 3 is 2.89 bits per heavy atom. The number of hydrogen-bond donors (Lipinski definition) is 1. The standard InChI is InChI=1S/C12H14FN3O2S/c1-9-2-3-11(13)12(6-9)19(17,18)15-10-4-5-16(7-10)8-14/h2-3,6,10,15H,4-5,7H2,1H3. The van der Waals surface area contributed by atoms with Gasteiger partial charge in [0.1, 0.15) is 10.7 Å². The van der Waals surface area contributed by atoms with Gasteiger partial charge in [-0.05, 0) is 31.0 Å². The molecule has 1 aromatic rings. The summed E-state index contributed by atoms with van der Waals surface area (Å²) in [5, 5.41) is 8.72. The van der Waals surface area contributed by atoms with E-state index < -0.39 is 15.8 Å². The normalized spacial score (nSPS) is 19.4. The quantitative estimate of drug-likeness (QED) is 0.839. The molecule has 1 atom stereocenters. The molecular weight excluding hydrogens is 269 g/mol. The monoisotopic (exact) mass is 283 g/mol. The van der Waals surface area contributed by atoms with E-state index >= 15 is 0 Å². The fourth-order valence-electron chi connectivity index (χ4n) is 2.05. The molecule has 1 fully saturated rings. The lowest BCUT2D eigenvalue weighted by Gasteiger charge is -2.13. The first-order chi connectivity index (χ1) is 8.92. The highest BCUT2D eigenvalue weighted by atomic mass is 32.2. The van der Waals surface area contributed by atoms with Crippen LogP contribution in [-0.2, 0) is 10.0 Å². The average molecular weight is 283 g/mol. The number of halogens is 1. The lowest BCUT2D eigenvalue weighted by molar-refractivity contribution is 0.469. The van der Waals surface area contributed by atoms with Crippen molar-refractivity contribution in [3.8, 4) is 6.19 Å². The Bertz CT molecular complexity index is 624. The second-order valence-electron chi connectivity index (χ2n) is 4.59. The Morgan fingerprint density at radius 1 is 1.53 bits per heavy atom. The van der Waals surface area contributed by atoms with Crippen LogP contribution in [0, 0.1) is 24.2 Å². The largest absolute Gasteiger partial charge is 0.309 e. The average Bonchev–Trinajstić information content (AvgIpc) is 2.79.